The van der Waals surface area contributed by atoms with Crippen molar-refractivity contribution in [1.29, 1.82) is 0 Å². The van der Waals surface area contributed by atoms with Gasteiger partial charge >= 0.3 is 0 Å². The van der Waals surface area contributed by atoms with Gasteiger partial charge in [-0.1, -0.05) is 0 Å². The summed E-state index contributed by atoms with van der Waals surface area (Å²) in [5.41, 5.74) is 6.60. The number of nitrogens with zero attached hydrogens (tertiary/aromatic N) is 1. The molecule has 4 nitrogen and oxygen atoms in total. The standard InChI is InChI=1S/C10H14N2O2/c1-14-4-2-3-10(13)8-5-9(11)7-12-6-8/h5-7H,2-4,11H2,1H3. The van der Waals surface area contributed by atoms with Gasteiger partial charge in [0.1, 0.15) is 0 Å². The second kappa shape index (κ2) is 5.34. The lowest BCUT2D eigenvalue weighted by Gasteiger charge is -2.00. The third kappa shape index (κ3) is 3.14. The van der Waals surface area contributed by atoms with Crippen LogP contribution in [0.3, 0.4) is 0 Å². The number of hydrogen-bond donors (Lipinski definition) is 1. The number of nitrogens with two attached hydrogens (primary N) is 1. The summed E-state index contributed by atoms with van der Waals surface area (Å²) >= 11 is 0. The fraction of sp³-hybridized carbons (Fsp3) is 0.400. The van der Waals surface area contributed by atoms with E-state index in [1.165, 1.54) is 12.4 Å². The summed E-state index contributed by atoms with van der Waals surface area (Å²) in [5.74, 6) is 0.0573. The number of pyridine rings is 1. The molecule has 0 unspecified atom stereocenters. The lowest BCUT2D eigenvalue weighted by Crippen LogP contribution is -2.02. The highest BCUT2D eigenvalue weighted by molar-refractivity contribution is 5.96. The van der Waals surface area contributed by atoms with E-state index >= 15 is 0 Å². The maximum atomic E-state index is 11.5. The summed E-state index contributed by atoms with van der Waals surface area (Å²) in [6.45, 7) is 0.599. The lowest BCUT2D eigenvalue weighted by atomic mass is 10.1. The number of nitrogen functional groups attached to an aromatic ring is 1. The molecule has 0 fully saturated rings. The van der Waals surface area contributed by atoms with Crippen molar-refractivity contribution in [3.63, 3.8) is 0 Å². The molecule has 0 saturated heterocycles. The highest BCUT2D eigenvalue weighted by Crippen LogP contribution is 2.07. The zero-order valence-corrected chi connectivity index (χ0v) is 8.19. The number of carbonyl (C=O) groups excluding carboxylic acids is 1. The van der Waals surface area contributed by atoms with E-state index in [1.807, 2.05) is 0 Å². The van der Waals surface area contributed by atoms with Gasteiger partial charge in [-0.05, 0) is 12.5 Å². The minimum Gasteiger partial charge on any atom is -0.397 e. The Bertz CT molecular complexity index is 313. The largest absolute Gasteiger partial charge is 0.397 e. The summed E-state index contributed by atoms with van der Waals surface area (Å²) in [4.78, 5) is 15.4. The Morgan fingerprint density at radius 1 is 1.57 bits per heavy atom. The van der Waals surface area contributed by atoms with Crippen molar-refractivity contribution in [1.82, 2.24) is 4.98 Å². The minimum atomic E-state index is 0.0573. The molecule has 0 saturated carbocycles. The molecule has 1 rings (SSSR count). The predicted octanol–water partition coefficient (Wildman–Crippen LogP) is 1.27. The van der Waals surface area contributed by atoms with E-state index in [1.54, 1.807) is 13.2 Å². The van der Waals surface area contributed by atoms with Crippen molar-refractivity contribution < 1.29 is 9.53 Å². The fourth-order valence-corrected chi connectivity index (χ4v) is 1.13. The number of carbonyl (C=O) groups is 1. The molecule has 0 bridgehead atoms. The highest BCUT2D eigenvalue weighted by atomic mass is 16.5. The normalized spacial score (nSPS) is 10.1. The Morgan fingerprint density at radius 3 is 3.00 bits per heavy atom. The maximum Gasteiger partial charge on any atom is 0.164 e. The van der Waals surface area contributed by atoms with Crippen molar-refractivity contribution in [2.45, 2.75) is 12.8 Å². The first-order valence-electron chi connectivity index (χ1n) is 4.46. The molecule has 4 heteroatoms. The molecule has 0 aliphatic rings. The number of hydrogen-bond acceptors (Lipinski definition) is 4. The quantitative estimate of drug-likeness (QED) is 0.566. The zero-order valence-electron chi connectivity index (χ0n) is 8.19. The first-order chi connectivity index (χ1) is 6.74. The average molecular weight is 194 g/mol. The minimum absolute atomic E-state index is 0.0573. The first kappa shape index (κ1) is 10.7. The molecule has 14 heavy (non-hydrogen) atoms. The Morgan fingerprint density at radius 2 is 2.36 bits per heavy atom. The van der Waals surface area contributed by atoms with E-state index in [4.69, 9.17) is 10.5 Å². The predicted molar refractivity (Wildman–Crippen MR) is 54.1 cm³/mol. The molecule has 0 aliphatic carbocycles. The molecule has 1 aromatic rings. The summed E-state index contributed by atoms with van der Waals surface area (Å²) in [5, 5.41) is 0. The van der Waals surface area contributed by atoms with Gasteiger partial charge in [-0.15, -0.1) is 0 Å². The van der Waals surface area contributed by atoms with Crippen molar-refractivity contribution in [3.8, 4) is 0 Å². The second-order valence-electron chi connectivity index (χ2n) is 3.03. The smallest absolute Gasteiger partial charge is 0.164 e. The topological polar surface area (TPSA) is 65.2 Å². The SMILES string of the molecule is COCCCC(=O)c1cncc(N)c1. The fourth-order valence-electron chi connectivity index (χ4n) is 1.13. The third-order valence-electron chi connectivity index (χ3n) is 1.83. The van der Waals surface area contributed by atoms with Gasteiger partial charge in [-0.3, -0.25) is 9.78 Å². The summed E-state index contributed by atoms with van der Waals surface area (Å²) in [6.07, 6.45) is 4.25. The summed E-state index contributed by atoms with van der Waals surface area (Å²) in [6, 6.07) is 1.64. The lowest BCUT2D eigenvalue weighted by molar-refractivity contribution is 0.0963. The highest BCUT2D eigenvalue weighted by Gasteiger charge is 2.05. The Balaban J connectivity index is 2.52. The molecule has 1 aromatic heterocycles. The van der Waals surface area contributed by atoms with Crippen LogP contribution in [-0.2, 0) is 4.74 Å². The molecule has 0 aliphatic heterocycles. The monoisotopic (exact) mass is 194 g/mol. The van der Waals surface area contributed by atoms with E-state index in [9.17, 15) is 4.79 Å². The van der Waals surface area contributed by atoms with Crippen LogP contribution < -0.4 is 5.73 Å². The number of rotatable bonds is 5. The number of ether oxygens (including phenoxy) is 1. The third-order valence-corrected chi connectivity index (χ3v) is 1.83. The Labute approximate surface area is 83.1 Å². The van der Waals surface area contributed by atoms with Crippen LogP contribution in [0.1, 0.15) is 23.2 Å². The number of ketones is 1. The number of anilines is 1. The molecular formula is C10H14N2O2. The van der Waals surface area contributed by atoms with Crippen LogP contribution in [0.25, 0.3) is 0 Å². The van der Waals surface area contributed by atoms with E-state index in [2.05, 4.69) is 4.98 Å². The molecule has 0 amide bonds. The molecule has 76 valence electrons. The van der Waals surface area contributed by atoms with E-state index in [0.717, 1.165) is 6.42 Å². The van der Waals surface area contributed by atoms with Crippen LogP contribution in [0, 0.1) is 0 Å². The van der Waals surface area contributed by atoms with Crippen LogP contribution in [-0.4, -0.2) is 24.5 Å². The molecule has 0 radical (unpaired) electrons. The molecule has 0 spiro atoms. The van der Waals surface area contributed by atoms with E-state index < -0.39 is 0 Å². The first-order valence-corrected chi connectivity index (χ1v) is 4.46. The van der Waals surface area contributed by atoms with Crippen molar-refractivity contribution >= 4 is 11.5 Å². The number of methoxy groups -OCH3 is 1. The van der Waals surface area contributed by atoms with E-state index in [-0.39, 0.29) is 5.78 Å². The van der Waals surface area contributed by atoms with Gasteiger partial charge in [0.05, 0.1) is 5.69 Å². The van der Waals surface area contributed by atoms with Gasteiger partial charge in [-0.2, -0.15) is 0 Å². The number of Topliss-reactive ketones (excluding diaryl/α,β-unsaturated/α-hetero) is 1. The van der Waals surface area contributed by atoms with Crippen molar-refractivity contribution in [2.24, 2.45) is 0 Å². The van der Waals surface area contributed by atoms with Gasteiger partial charge in [0.25, 0.3) is 0 Å². The van der Waals surface area contributed by atoms with Gasteiger partial charge in [0.15, 0.2) is 5.78 Å². The zero-order chi connectivity index (χ0) is 10.4. The number of aromatic nitrogens is 1. The van der Waals surface area contributed by atoms with Gasteiger partial charge in [0, 0.05) is 38.1 Å². The second-order valence-corrected chi connectivity index (χ2v) is 3.03. The Kier molecular flexibility index (Phi) is 4.07. The molecule has 1 heterocycles. The molecule has 2 N–H and O–H groups in total. The van der Waals surface area contributed by atoms with Crippen LogP contribution in [0.15, 0.2) is 18.5 Å². The molecular weight excluding hydrogens is 180 g/mol. The van der Waals surface area contributed by atoms with Crippen LogP contribution >= 0.6 is 0 Å². The van der Waals surface area contributed by atoms with Crippen LogP contribution in [0.2, 0.25) is 0 Å². The maximum absolute atomic E-state index is 11.5. The van der Waals surface area contributed by atoms with Crippen molar-refractivity contribution in [3.05, 3.63) is 24.0 Å². The molecule has 0 aromatic carbocycles. The van der Waals surface area contributed by atoms with E-state index in [0.29, 0.717) is 24.3 Å². The summed E-state index contributed by atoms with van der Waals surface area (Å²) in [7, 11) is 1.62. The molecule has 0 atom stereocenters. The van der Waals surface area contributed by atoms with Crippen LogP contribution in [0.5, 0.6) is 0 Å². The average Bonchev–Trinajstić information content (AvgIpc) is 2.18. The van der Waals surface area contributed by atoms with Gasteiger partial charge in [-0.25, -0.2) is 0 Å². The Hall–Kier alpha value is -1.42. The van der Waals surface area contributed by atoms with Crippen molar-refractivity contribution in [2.75, 3.05) is 19.5 Å². The van der Waals surface area contributed by atoms with Gasteiger partial charge in [0.2, 0.25) is 0 Å². The van der Waals surface area contributed by atoms with Crippen LogP contribution in [0.4, 0.5) is 5.69 Å². The van der Waals surface area contributed by atoms with Gasteiger partial charge < -0.3 is 10.5 Å². The summed E-state index contributed by atoms with van der Waals surface area (Å²) < 4.78 is 4.86.